The van der Waals surface area contributed by atoms with Gasteiger partial charge in [-0.15, -0.1) is 0 Å². The van der Waals surface area contributed by atoms with E-state index in [9.17, 15) is 22.7 Å². The molecule has 0 unspecified atom stereocenters. The van der Waals surface area contributed by atoms with Crippen LogP contribution >= 0.6 is 0 Å². The minimum Gasteiger partial charge on any atom is -0.506 e. The van der Waals surface area contributed by atoms with Crippen molar-refractivity contribution in [2.24, 2.45) is 0 Å². The smallest absolute Gasteiger partial charge is 0.326 e. The molecule has 1 aromatic carbocycles. The van der Waals surface area contributed by atoms with E-state index >= 15 is 0 Å². The van der Waals surface area contributed by atoms with Gasteiger partial charge in [-0.1, -0.05) is 0 Å². The van der Waals surface area contributed by atoms with Crippen LogP contribution in [-0.2, 0) is 15.0 Å². The van der Waals surface area contributed by atoms with Crippen LogP contribution in [0, 0.1) is 5.82 Å². The Balaban J connectivity index is 1.82. The number of hydrogen-bond donors (Lipinski definition) is 2. The predicted octanol–water partition coefficient (Wildman–Crippen LogP) is 0.775. The highest BCUT2D eigenvalue weighted by molar-refractivity contribution is 7.92. The summed E-state index contributed by atoms with van der Waals surface area (Å²) < 4.78 is 42.3. The molecule has 8 nitrogen and oxygen atoms in total. The summed E-state index contributed by atoms with van der Waals surface area (Å²) in [6.07, 6.45) is 5.45. The van der Waals surface area contributed by atoms with Crippen LogP contribution in [0.4, 0.5) is 10.1 Å². The third kappa shape index (κ3) is 2.30. The lowest BCUT2D eigenvalue weighted by atomic mass is 10.2. The number of hydrogen-bond acceptors (Lipinski definition) is 5. The molecular weight excluding hydrogens is 339 g/mol. The molecule has 1 saturated heterocycles. The number of aromatic hydroxyl groups is 1. The van der Waals surface area contributed by atoms with Crippen molar-refractivity contribution in [2.75, 3.05) is 10.8 Å². The second-order valence-corrected chi connectivity index (χ2v) is 7.39. The van der Waals surface area contributed by atoms with Gasteiger partial charge in [0, 0.05) is 6.20 Å². The molecule has 1 aromatic heterocycles. The lowest BCUT2D eigenvalue weighted by Gasteiger charge is -2.18. The third-order valence-corrected chi connectivity index (χ3v) is 5.42. The molecule has 1 amide bonds. The molecule has 2 N–H and O–H groups in total. The van der Waals surface area contributed by atoms with Gasteiger partial charge < -0.3 is 5.11 Å². The van der Waals surface area contributed by atoms with Gasteiger partial charge in [-0.05, 0) is 36.5 Å². The molecule has 0 spiro atoms. The van der Waals surface area contributed by atoms with E-state index in [0.717, 1.165) is 18.4 Å². The van der Waals surface area contributed by atoms with Gasteiger partial charge in [0.25, 0.3) is 5.91 Å². The van der Waals surface area contributed by atoms with E-state index in [1.807, 2.05) is 0 Å². The van der Waals surface area contributed by atoms with Crippen LogP contribution in [0.25, 0.3) is 5.69 Å². The zero-order chi connectivity index (χ0) is 17.1. The quantitative estimate of drug-likeness (QED) is 0.849. The first kappa shape index (κ1) is 14.9. The first-order chi connectivity index (χ1) is 11.4. The Labute approximate surface area is 136 Å². The Morgan fingerprint density at radius 1 is 1.33 bits per heavy atom. The zero-order valence-electron chi connectivity index (χ0n) is 12.3. The second-order valence-electron chi connectivity index (χ2n) is 5.80. The fraction of sp³-hybridized carbons (Fsp3) is 0.286. The highest BCUT2D eigenvalue weighted by atomic mass is 32.2. The molecule has 1 saturated carbocycles. The number of nitrogens with zero attached hydrogens (tertiary/aromatic N) is 3. The maximum Gasteiger partial charge on any atom is 0.326 e. The number of amides is 1. The van der Waals surface area contributed by atoms with Crippen molar-refractivity contribution in [3.05, 3.63) is 35.9 Å². The average Bonchev–Trinajstić information content (AvgIpc) is 3.17. The van der Waals surface area contributed by atoms with Crippen molar-refractivity contribution >= 4 is 21.8 Å². The molecular formula is C14H13FN4O4S. The number of phenols is 1. The Kier molecular flexibility index (Phi) is 3.07. The molecule has 2 heterocycles. The lowest BCUT2D eigenvalue weighted by molar-refractivity contribution is -0.117. The van der Waals surface area contributed by atoms with Crippen LogP contribution in [-0.4, -0.2) is 35.8 Å². The summed E-state index contributed by atoms with van der Waals surface area (Å²) in [6.45, 7) is -0.595. The number of halogens is 1. The maximum absolute atomic E-state index is 14.9. The summed E-state index contributed by atoms with van der Waals surface area (Å²) in [5, 5.41) is 14.0. The summed E-state index contributed by atoms with van der Waals surface area (Å²) in [5.74, 6) is -1.92. The van der Waals surface area contributed by atoms with Gasteiger partial charge in [0.1, 0.15) is 23.7 Å². The largest absolute Gasteiger partial charge is 0.506 e. The minimum absolute atomic E-state index is 0.00995. The van der Waals surface area contributed by atoms with Crippen molar-refractivity contribution in [1.82, 2.24) is 14.5 Å². The van der Waals surface area contributed by atoms with Gasteiger partial charge in [0.05, 0.1) is 6.20 Å². The highest BCUT2D eigenvalue weighted by Crippen LogP contribution is 2.41. The van der Waals surface area contributed by atoms with Crippen LogP contribution in [0.5, 0.6) is 5.75 Å². The SMILES string of the molecule is O=C1CN(c2c(O)ccc(-n3cc(C4CC4)cn3)c2F)S(=O)(=O)N1. The Morgan fingerprint density at radius 2 is 2.08 bits per heavy atom. The van der Waals surface area contributed by atoms with E-state index in [0.29, 0.717) is 10.2 Å². The molecule has 0 bridgehead atoms. The number of anilines is 1. The summed E-state index contributed by atoms with van der Waals surface area (Å²) in [7, 11) is -4.23. The number of nitrogens with one attached hydrogen (secondary N) is 1. The minimum atomic E-state index is -4.23. The average molecular weight is 352 g/mol. The first-order valence-corrected chi connectivity index (χ1v) is 8.70. The summed E-state index contributed by atoms with van der Waals surface area (Å²) in [4.78, 5) is 11.4. The van der Waals surface area contributed by atoms with Gasteiger partial charge >= 0.3 is 10.2 Å². The van der Waals surface area contributed by atoms with Crippen molar-refractivity contribution in [2.45, 2.75) is 18.8 Å². The van der Waals surface area contributed by atoms with Gasteiger partial charge in [-0.2, -0.15) is 13.5 Å². The maximum atomic E-state index is 14.9. The molecule has 24 heavy (non-hydrogen) atoms. The fourth-order valence-corrected chi connectivity index (χ4v) is 3.86. The van der Waals surface area contributed by atoms with Crippen LogP contribution < -0.4 is 9.03 Å². The number of aromatic nitrogens is 2. The van der Waals surface area contributed by atoms with Crippen molar-refractivity contribution in [3.63, 3.8) is 0 Å². The normalized spacial score (nSPS) is 19.5. The molecule has 1 aliphatic heterocycles. The molecule has 2 aromatic rings. The van der Waals surface area contributed by atoms with Crippen LogP contribution in [0.1, 0.15) is 24.3 Å². The molecule has 2 fully saturated rings. The van der Waals surface area contributed by atoms with E-state index in [2.05, 4.69) is 5.10 Å². The number of rotatable bonds is 3. The third-order valence-electron chi connectivity index (χ3n) is 4.04. The standard InChI is InChI=1S/C14H13FN4O4S/c15-13-10(18-6-9(5-16-18)8-1-2-8)3-4-11(20)14(13)19-7-12(21)17-24(19,22)23/h3-6,8,20H,1-2,7H2,(H,17,21). The van der Waals surface area contributed by atoms with E-state index in [4.69, 9.17) is 0 Å². The Morgan fingerprint density at radius 3 is 2.71 bits per heavy atom. The molecule has 10 heteroatoms. The van der Waals surface area contributed by atoms with Gasteiger partial charge in [0.2, 0.25) is 0 Å². The number of benzene rings is 1. The van der Waals surface area contributed by atoms with Gasteiger partial charge in [0.15, 0.2) is 5.82 Å². The lowest BCUT2D eigenvalue weighted by Crippen LogP contribution is -2.30. The summed E-state index contributed by atoms with van der Waals surface area (Å²) in [6, 6.07) is 2.47. The monoisotopic (exact) mass is 352 g/mol. The number of phenolic OH excluding ortho intramolecular Hbond substituents is 1. The van der Waals surface area contributed by atoms with E-state index in [-0.39, 0.29) is 5.69 Å². The Bertz CT molecular complexity index is 952. The molecule has 2 aliphatic rings. The fourth-order valence-electron chi connectivity index (χ4n) is 2.70. The highest BCUT2D eigenvalue weighted by Gasteiger charge is 2.38. The van der Waals surface area contributed by atoms with E-state index < -0.39 is 39.9 Å². The van der Waals surface area contributed by atoms with Crippen molar-refractivity contribution in [1.29, 1.82) is 0 Å². The van der Waals surface area contributed by atoms with Gasteiger partial charge in [-0.25, -0.2) is 18.1 Å². The Hall–Kier alpha value is -2.62. The molecule has 1 aliphatic carbocycles. The van der Waals surface area contributed by atoms with Gasteiger partial charge in [-0.3, -0.25) is 4.79 Å². The van der Waals surface area contributed by atoms with Crippen LogP contribution in [0.15, 0.2) is 24.5 Å². The van der Waals surface area contributed by atoms with E-state index in [1.165, 1.54) is 16.8 Å². The molecule has 126 valence electrons. The second kappa shape index (κ2) is 4.94. The van der Waals surface area contributed by atoms with E-state index in [1.54, 1.807) is 17.1 Å². The number of carbonyl (C=O) groups excluding carboxylic acids is 1. The molecule has 0 radical (unpaired) electrons. The molecule has 4 rings (SSSR count). The summed E-state index contributed by atoms with van der Waals surface area (Å²) >= 11 is 0. The van der Waals surface area contributed by atoms with Crippen molar-refractivity contribution in [3.8, 4) is 11.4 Å². The van der Waals surface area contributed by atoms with Crippen LogP contribution in [0.3, 0.4) is 0 Å². The molecule has 0 atom stereocenters. The topological polar surface area (TPSA) is 105 Å². The van der Waals surface area contributed by atoms with Crippen LogP contribution in [0.2, 0.25) is 0 Å². The first-order valence-electron chi connectivity index (χ1n) is 7.26. The predicted molar refractivity (Wildman–Crippen MR) is 81.6 cm³/mol. The van der Waals surface area contributed by atoms with Crippen molar-refractivity contribution < 1.29 is 22.7 Å². The number of carbonyl (C=O) groups is 1. The zero-order valence-corrected chi connectivity index (χ0v) is 13.1. The summed E-state index contributed by atoms with van der Waals surface area (Å²) in [5.41, 5.74) is 0.397.